The second-order valence-corrected chi connectivity index (χ2v) is 5.73. The minimum absolute atomic E-state index is 0.0717. The summed E-state index contributed by atoms with van der Waals surface area (Å²) in [5.74, 6) is 0. The third-order valence-electron chi connectivity index (χ3n) is 3.27. The van der Waals surface area contributed by atoms with Gasteiger partial charge in [0.2, 0.25) is 0 Å². The molecule has 1 aromatic carbocycles. The number of urea groups is 1. The zero-order valence-corrected chi connectivity index (χ0v) is 12.8. The minimum Gasteiger partial charge on any atom is -0.321 e. The Morgan fingerprint density at radius 1 is 1.50 bits per heavy atom. The average molecular weight is 343 g/mol. The lowest BCUT2D eigenvalue weighted by molar-refractivity contribution is -0.385. The number of benzene rings is 1. The molecule has 7 nitrogen and oxygen atoms in total. The largest absolute Gasteiger partial charge is 0.321 e. The molecule has 1 fully saturated rings. The molecular weight excluding hydrogens is 328 g/mol. The predicted octanol–water partition coefficient (Wildman–Crippen LogP) is 2.13. The number of hydrogen-bond acceptors (Lipinski definition) is 4. The van der Waals surface area contributed by atoms with Crippen molar-refractivity contribution in [2.24, 2.45) is 0 Å². The third kappa shape index (κ3) is 3.07. The Morgan fingerprint density at radius 2 is 2.15 bits per heavy atom. The molecule has 2 amide bonds. The van der Waals surface area contributed by atoms with Crippen molar-refractivity contribution in [2.45, 2.75) is 6.04 Å². The summed E-state index contributed by atoms with van der Waals surface area (Å²) in [6, 6.07) is 4.65. The van der Waals surface area contributed by atoms with Crippen LogP contribution in [-0.2, 0) is 0 Å². The van der Waals surface area contributed by atoms with E-state index < -0.39 is 4.92 Å². The van der Waals surface area contributed by atoms with Crippen molar-refractivity contribution in [3.63, 3.8) is 0 Å². The SMILES string of the molecule is CN(C)C1CN(C(=O)Nc2ccc(Br)c([N+](=O)[O-])c2)C1. The lowest BCUT2D eigenvalue weighted by atomic mass is 10.1. The molecule has 1 aliphatic rings. The molecular formula is C12H15BrN4O3. The van der Waals surface area contributed by atoms with Gasteiger partial charge in [0.05, 0.1) is 9.40 Å². The minimum atomic E-state index is -0.495. The van der Waals surface area contributed by atoms with E-state index in [1.54, 1.807) is 17.0 Å². The fourth-order valence-corrected chi connectivity index (χ4v) is 2.27. The van der Waals surface area contributed by atoms with Crippen LogP contribution in [0.2, 0.25) is 0 Å². The number of carbonyl (C=O) groups excluding carboxylic acids is 1. The van der Waals surface area contributed by atoms with E-state index in [0.717, 1.165) is 0 Å². The highest BCUT2D eigenvalue weighted by atomic mass is 79.9. The molecule has 0 saturated carbocycles. The van der Waals surface area contributed by atoms with E-state index in [4.69, 9.17) is 0 Å². The maximum atomic E-state index is 11.9. The summed E-state index contributed by atoms with van der Waals surface area (Å²) in [5, 5.41) is 13.5. The molecule has 1 saturated heterocycles. The van der Waals surface area contributed by atoms with Crippen molar-refractivity contribution in [1.82, 2.24) is 9.80 Å². The summed E-state index contributed by atoms with van der Waals surface area (Å²) >= 11 is 3.10. The highest BCUT2D eigenvalue weighted by molar-refractivity contribution is 9.10. The number of rotatable bonds is 3. The Kier molecular flexibility index (Phi) is 4.24. The van der Waals surface area contributed by atoms with Gasteiger partial charge in [0.25, 0.3) is 5.69 Å². The molecule has 8 heteroatoms. The van der Waals surface area contributed by atoms with Gasteiger partial charge in [0, 0.05) is 30.9 Å². The molecule has 1 N–H and O–H groups in total. The molecule has 0 aliphatic carbocycles. The molecule has 1 aliphatic heterocycles. The van der Waals surface area contributed by atoms with Crippen LogP contribution in [0.1, 0.15) is 0 Å². The van der Waals surface area contributed by atoms with Crippen molar-refractivity contribution in [3.8, 4) is 0 Å². The number of halogens is 1. The first-order valence-electron chi connectivity index (χ1n) is 6.05. The van der Waals surface area contributed by atoms with Gasteiger partial charge in [-0.25, -0.2) is 4.79 Å². The van der Waals surface area contributed by atoms with Crippen LogP contribution in [0.3, 0.4) is 0 Å². The number of likely N-dealkylation sites (tertiary alicyclic amines) is 1. The average Bonchev–Trinajstić information content (AvgIpc) is 2.28. The van der Waals surface area contributed by atoms with Crippen molar-refractivity contribution < 1.29 is 9.72 Å². The second-order valence-electron chi connectivity index (χ2n) is 4.88. The molecule has 0 radical (unpaired) electrons. The van der Waals surface area contributed by atoms with Crippen molar-refractivity contribution in [3.05, 3.63) is 32.8 Å². The van der Waals surface area contributed by atoms with Gasteiger partial charge in [-0.15, -0.1) is 0 Å². The highest BCUT2D eigenvalue weighted by Gasteiger charge is 2.32. The Hall–Kier alpha value is -1.67. The topological polar surface area (TPSA) is 78.7 Å². The van der Waals surface area contributed by atoms with Gasteiger partial charge in [-0.1, -0.05) is 0 Å². The first kappa shape index (κ1) is 14.7. The maximum Gasteiger partial charge on any atom is 0.321 e. The zero-order valence-electron chi connectivity index (χ0n) is 11.2. The molecule has 108 valence electrons. The second kappa shape index (κ2) is 5.76. The third-order valence-corrected chi connectivity index (χ3v) is 3.94. The summed E-state index contributed by atoms with van der Waals surface area (Å²) < 4.78 is 0.386. The number of amides is 2. The standard InChI is InChI=1S/C12H15BrN4O3/c1-15(2)9-6-16(7-9)12(18)14-8-3-4-10(13)11(5-8)17(19)20/h3-5,9H,6-7H2,1-2H3,(H,14,18). The molecule has 0 unspecified atom stereocenters. The quantitative estimate of drug-likeness (QED) is 0.674. The number of likely N-dealkylation sites (N-methyl/N-ethyl adjacent to an activating group) is 1. The number of nitro benzene ring substituents is 1. The van der Waals surface area contributed by atoms with E-state index in [9.17, 15) is 14.9 Å². The normalized spacial score (nSPS) is 15.1. The van der Waals surface area contributed by atoms with Crippen molar-refractivity contribution in [2.75, 3.05) is 32.5 Å². The Balaban J connectivity index is 1.99. The van der Waals surface area contributed by atoms with Gasteiger partial charge in [0.15, 0.2) is 0 Å². The zero-order chi connectivity index (χ0) is 14.9. The predicted molar refractivity (Wildman–Crippen MR) is 78.9 cm³/mol. The number of hydrogen-bond donors (Lipinski definition) is 1. The first-order valence-corrected chi connectivity index (χ1v) is 6.84. The van der Waals surface area contributed by atoms with E-state index >= 15 is 0 Å². The lowest BCUT2D eigenvalue weighted by Gasteiger charge is -2.42. The van der Waals surface area contributed by atoms with E-state index in [1.807, 2.05) is 14.1 Å². The fourth-order valence-electron chi connectivity index (χ4n) is 1.88. The molecule has 2 rings (SSSR count). The van der Waals surface area contributed by atoms with E-state index in [-0.39, 0.29) is 11.7 Å². The molecule has 0 atom stereocenters. The summed E-state index contributed by atoms with van der Waals surface area (Å²) in [6.45, 7) is 1.33. The van der Waals surface area contributed by atoms with Crippen molar-refractivity contribution >= 4 is 33.3 Å². The van der Waals surface area contributed by atoms with Crippen LogP contribution in [-0.4, -0.2) is 54.0 Å². The van der Waals surface area contributed by atoms with Crippen LogP contribution in [0, 0.1) is 10.1 Å². The molecule has 20 heavy (non-hydrogen) atoms. The molecule has 1 aromatic rings. The van der Waals surface area contributed by atoms with Gasteiger partial charge in [-0.2, -0.15) is 0 Å². The molecule has 0 aromatic heterocycles. The van der Waals surface area contributed by atoms with Crippen LogP contribution in [0.4, 0.5) is 16.2 Å². The number of carbonyl (C=O) groups is 1. The highest BCUT2D eigenvalue weighted by Crippen LogP contribution is 2.28. The Bertz CT molecular complexity index is 544. The van der Waals surface area contributed by atoms with Crippen LogP contribution >= 0.6 is 15.9 Å². The van der Waals surface area contributed by atoms with Gasteiger partial charge in [-0.05, 0) is 42.2 Å². The first-order chi connectivity index (χ1) is 9.38. The molecule has 1 heterocycles. The van der Waals surface area contributed by atoms with Gasteiger partial charge < -0.3 is 15.1 Å². The van der Waals surface area contributed by atoms with E-state index in [1.165, 1.54) is 6.07 Å². The maximum absolute atomic E-state index is 11.9. The summed E-state index contributed by atoms with van der Waals surface area (Å²) in [4.78, 5) is 26.0. The molecule has 0 spiro atoms. The lowest BCUT2D eigenvalue weighted by Crippen LogP contribution is -2.60. The fraction of sp³-hybridized carbons (Fsp3) is 0.417. The van der Waals surface area contributed by atoms with Crippen LogP contribution in [0.15, 0.2) is 22.7 Å². The number of anilines is 1. The van der Waals surface area contributed by atoms with Gasteiger partial charge in [-0.3, -0.25) is 10.1 Å². The summed E-state index contributed by atoms with van der Waals surface area (Å²) in [5.41, 5.74) is 0.343. The van der Waals surface area contributed by atoms with Crippen LogP contribution in [0.25, 0.3) is 0 Å². The number of nitrogens with one attached hydrogen (secondary N) is 1. The van der Waals surface area contributed by atoms with Crippen LogP contribution < -0.4 is 5.32 Å². The van der Waals surface area contributed by atoms with Gasteiger partial charge >= 0.3 is 6.03 Å². The summed E-state index contributed by atoms with van der Waals surface area (Å²) in [7, 11) is 3.94. The van der Waals surface area contributed by atoms with Gasteiger partial charge in [0.1, 0.15) is 0 Å². The smallest absolute Gasteiger partial charge is 0.321 e. The number of nitro groups is 1. The monoisotopic (exact) mass is 342 g/mol. The Morgan fingerprint density at radius 3 is 2.70 bits per heavy atom. The van der Waals surface area contributed by atoms with E-state index in [2.05, 4.69) is 26.1 Å². The van der Waals surface area contributed by atoms with E-state index in [0.29, 0.717) is 29.3 Å². The van der Waals surface area contributed by atoms with Crippen molar-refractivity contribution in [1.29, 1.82) is 0 Å². The number of nitrogens with zero attached hydrogens (tertiary/aromatic N) is 3. The van der Waals surface area contributed by atoms with Crippen LogP contribution in [0.5, 0.6) is 0 Å². The Labute approximate surface area is 124 Å². The summed E-state index contributed by atoms with van der Waals surface area (Å²) in [6.07, 6.45) is 0. The molecule has 0 bridgehead atoms.